The summed E-state index contributed by atoms with van der Waals surface area (Å²) in [7, 11) is -2.29. The molecule has 0 saturated heterocycles. The Morgan fingerprint density at radius 1 is 1.47 bits per heavy atom. The van der Waals surface area contributed by atoms with Crippen LogP contribution in [0.1, 0.15) is 22.8 Å². The van der Waals surface area contributed by atoms with E-state index in [4.69, 9.17) is 9.84 Å². The molecule has 19 heavy (non-hydrogen) atoms. The van der Waals surface area contributed by atoms with Crippen molar-refractivity contribution in [3.05, 3.63) is 29.3 Å². The minimum atomic E-state index is -3.76. The maximum Gasteiger partial charge on any atom is 0.335 e. The molecule has 106 valence electrons. The number of ether oxygens (including phenoxy) is 1. The van der Waals surface area contributed by atoms with E-state index in [9.17, 15) is 13.2 Å². The van der Waals surface area contributed by atoms with Crippen molar-refractivity contribution >= 4 is 16.0 Å². The molecular formula is C12H17NO5S. The molecule has 0 fully saturated rings. The lowest BCUT2D eigenvalue weighted by Crippen LogP contribution is -2.36. The molecule has 0 spiro atoms. The fraction of sp³-hybridized carbons (Fsp3) is 0.417. The molecule has 1 aromatic rings. The summed E-state index contributed by atoms with van der Waals surface area (Å²) < 4.78 is 31.6. The summed E-state index contributed by atoms with van der Waals surface area (Å²) >= 11 is 0. The second kappa shape index (κ2) is 6.14. The summed E-state index contributed by atoms with van der Waals surface area (Å²) in [6, 6.07) is 3.59. The molecule has 0 aromatic heterocycles. The van der Waals surface area contributed by atoms with E-state index in [1.165, 1.54) is 19.2 Å². The van der Waals surface area contributed by atoms with Crippen LogP contribution in [-0.2, 0) is 14.8 Å². The Morgan fingerprint density at radius 3 is 2.63 bits per heavy atom. The second-order valence-corrected chi connectivity index (χ2v) is 5.95. The van der Waals surface area contributed by atoms with Crippen LogP contribution in [0.15, 0.2) is 23.1 Å². The molecule has 6 nitrogen and oxygen atoms in total. The van der Waals surface area contributed by atoms with Gasteiger partial charge in [0.15, 0.2) is 0 Å². The van der Waals surface area contributed by atoms with E-state index in [-0.39, 0.29) is 17.1 Å². The average Bonchev–Trinajstić information content (AvgIpc) is 2.28. The number of sulfonamides is 1. The van der Waals surface area contributed by atoms with Crippen molar-refractivity contribution in [2.45, 2.75) is 24.8 Å². The normalized spacial score (nSPS) is 13.2. The largest absolute Gasteiger partial charge is 0.478 e. The van der Waals surface area contributed by atoms with E-state index < -0.39 is 22.0 Å². The van der Waals surface area contributed by atoms with Gasteiger partial charge in [-0.25, -0.2) is 17.9 Å². The molecule has 0 amide bonds. The Kier molecular flexibility index (Phi) is 5.04. The highest BCUT2D eigenvalue weighted by molar-refractivity contribution is 7.89. The number of rotatable bonds is 6. The number of methoxy groups -OCH3 is 1. The first-order valence-corrected chi connectivity index (χ1v) is 7.11. The van der Waals surface area contributed by atoms with Gasteiger partial charge in [0.2, 0.25) is 10.0 Å². The van der Waals surface area contributed by atoms with Crippen molar-refractivity contribution in [3.8, 4) is 0 Å². The van der Waals surface area contributed by atoms with Crippen molar-refractivity contribution < 1.29 is 23.1 Å². The topological polar surface area (TPSA) is 92.7 Å². The van der Waals surface area contributed by atoms with E-state index in [2.05, 4.69) is 4.72 Å². The molecule has 0 aliphatic carbocycles. The summed E-state index contributed by atoms with van der Waals surface area (Å²) in [5, 5.41) is 8.90. The standard InChI is InChI=1S/C12H17NO5S/c1-8-4-5-10(12(14)15)6-11(8)19(16,17)13-9(2)7-18-3/h4-6,9,13H,7H2,1-3H3,(H,14,15). The smallest absolute Gasteiger partial charge is 0.335 e. The summed E-state index contributed by atoms with van der Waals surface area (Å²) in [4.78, 5) is 10.8. The highest BCUT2D eigenvalue weighted by atomic mass is 32.2. The molecule has 2 N–H and O–H groups in total. The molecule has 0 saturated carbocycles. The number of aryl methyl sites for hydroxylation is 1. The van der Waals surface area contributed by atoms with Crippen LogP contribution in [0.5, 0.6) is 0 Å². The highest BCUT2D eigenvalue weighted by Crippen LogP contribution is 2.17. The third-order valence-electron chi connectivity index (χ3n) is 2.50. The van der Waals surface area contributed by atoms with Gasteiger partial charge in [0.1, 0.15) is 0 Å². The summed E-state index contributed by atoms with van der Waals surface area (Å²) in [6.07, 6.45) is 0. The number of carboxylic acid groups (broad SMARTS) is 1. The van der Waals surface area contributed by atoms with Gasteiger partial charge in [-0.15, -0.1) is 0 Å². The molecule has 0 heterocycles. The van der Waals surface area contributed by atoms with Gasteiger partial charge in [-0.05, 0) is 31.5 Å². The second-order valence-electron chi connectivity index (χ2n) is 4.26. The van der Waals surface area contributed by atoms with Crippen LogP contribution in [0.2, 0.25) is 0 Å². The van der Waals surface area contributed by atoms with Gasteiger partial charge in [-0.1, -0.05) is 6.07 Å². The average molecular weight is 287 g/mol. The van der Waals surface area contributed by atoms with Gasteiger partial charge >= 0.3 is 5.97 Å². The first kappa shape index (κ1) is 15.6. The van der Waals surface area contributed by atoms with Crippen LogP contribution in [0.25, 0.3) is 0 Å². The lowest BCUT2D eigenvalue weighted by atomic mass is 10.1. The van der Waals surface area contributed by atoms with E-state index in [0.29, 0.717) is 5.56 Å². The minimum absolute atomic E-state index is 0.0321. The van der Waals surface area contributed by atoms with Gasteiger partial charge in [0.05, 0.1) is 17.1 Å². The van der Waals surface area contributed by atoms with Crippen LogP contribution in [-0.4, -0.2) is 39.3 Å². The maximum absolute atomic E-state index is 12.2. The number of hydrogen-bond donors (Lipinski definition) is 2. The van der Waals surface area contributed by atoms with Gasteiger partial charge < -0.3 is 9.84 Å². The zero-order valence-electron chi connectivity index (χ0n) is 11.0. The van der Waals surface area contributed by atoms with Crippen molar-refractivity contribution in [2.75, 3.05) is 13.7 Å². The molecule has 0 radical (unpaired) electrons. The third kappa shape index (κ3) is 4.02. The van der Waals surface area contributed by atoms with E-state index >= 15 is 0 Å². The summed E-state index contributed by atoms with van der Waals surface area (Å²) in [5.41, 5.74) is 0.424. The van der Waals surface area contributed by atoms with Crippen LogP contribution < -0.4 is 4.72 Å². The molecule has 0 aliphatic rings. The Hall–Kier alpha value is -1.44. The first-order chi connectivity index (χ1) is 8.77. The highest BCUT2D eigenvalue weighted by Gasteiger charge is 2.21. The van der Waals surface area contributed by atoms with E-state index in [1.807, 2.05) is 0 Å². The van der Waals surface area contributed by atoms with Crippen molar-refractivity contribution in [1.82, 2.24) is 4.72 Å². The lowest BCUT2D eigenvalue weighted by Gasteiger charge is -2.15. The Bertz CT molecular complexity index is 567. The number of benzene rings is 1. The van der Waals surface area contributed by atoms with Gasteiger partial charge in [0.25, 0.3) is 0 Å². The van der Waals surface area contributed by atoms with Crippen LogP contribution >= 0.6 is 0 Å². The minimum Gasteiger partial charge on any atom is -0.478 e. The predicted molar refractivity (Wildman–Crippen MR) is 69.8 cm³/mol. The van der Waals surface area contributed by atoms with Crippen LogP contribution in [0.3, 0.4) is 0 Å². The number of aromatic carboxylic acids is 1. The summed E-state index contributed by atoms with van der Waals surface area (Å²) in [5.74, 6) is -1.17. The Labute approximate surface area is 112 Å². The molecule has 1 unspecified atom stereocenters. The number of nitrogens with one attached hydrogen (secondary N) is 1. The van der Waals surface area contributed by atoms with Gasteiger partial charge in [-0.2, -0.15) is 0 Å². The monoisotopic (exact) mass is 287 g/mol. The zero-order valence-corrected chi connectivity index (χ0v) is 11.8. The summed E-state index contributed by atoms with van der Waals surface area (Å²) in [6.45, 7) is 3.51. The molecule has 1 aromatic carbocycles. The Balaban J connectivity index is 3.13. The zero-order chi connectivity index (χ0) is 14.6. The van der Waals surface area contributed by atoms with Crippen LogP contribution in [0, 0.1) is 6.92 Å². The lowest BCUT2D eigenvalue weighted by molar-refractivity contribution is 0.0696. The van der Waals surface area contributed by atoms with E-state index in [0.717, 1.165) is 6.07 Å². The quantitative estimate of drug-likeness (QED) is 0.814. The third-order valence-corrected chi connectivity index (χ3v) is 4.23. The van der Waals surface area contributed by atoms with Gasteiger partial charge in [0, 0.05) is 13.2 Å². The fourth-order valence-electron chi connectivity index (χ4n) is 1.63. The molecule has 1 atom stereocenters. The molecule has 7 heteroatoms. The van der Waals surface area contributed by atoms with Crippen molar-refractivity contribution in [1.29, 1.82) is 0 Å². The van der Waals surface area contributed by atoms with Crippen molar-refractivity contribution in [3.63, 3.8) is 0 Å². The molecule has 1 rings (SSSR count). The SMILES string of the molecule is COCC(C)NS(=O)(=O)c1cc(C(=O)O)ccc1C. The Morgan fingerprint density at radius 2 is 2.11 bits per heavy atom. The molecule has 0 bridgehead atoms. The number of hydrogen-bond acceptors (Lipinski definition) is 4. The molecule has 0 aliphatic heterocycles. The van der Waals surface area contributed by atoms with Crippen molar-refractivity contribution in [2.24, 2.45) is 0 Å². The fourth-order valence-corrected chi connectivity index (χ4v) is 3.13. The number of carbonyl (C=O) groups is 1. The predicted octanol–water partition coefficient (Wildman–Crippen LogP) is 1.01. The van der Waals surface area contributed by atoms with E-state index in [1.54, 1.807) is 13.8 Å². The van der Waals surface area contributed by atoms with Gasteiger partial charge in [-0.3, -0.25) is 0 Å². The van der Waals surface area contributed by atoms with Crippen LogP contribution in [0.4, 0.5) is 0 Å². The first-order valence-electron chi connectivity index (χ1n) is 5.63. The molecular weight excluding hydrogens is 270 g/mol. The number of carboxylic acids is 1. The maximum atomic E-state index is 12.2.